The van der Waals surface area contributed by atoms with Crippen molar-refractivity contribution >= 4 is 26.5 Å². The first-order valence-corrected chi connectivity index (χ1v) is 9.05. The van der Waals surface area contributed by atoms with E-state index < -0.39 is 10.0 Å². The van der Waals surface area contributed by atoms with Crippen LogP contribution in [-0.2, 0) is 10.0 Å². The second-order valence-electron chi connectivity index (χ2n) is 5.86. The molecule has 3 aromatic carbocycles. The van der Waals surface area contributed by atoms with Crippen LogP contribution in [0.5, 0.6) is 5.75 Å². The number of hydrogen-bond acceptors (Lipinski definition) is 3. The number of anilines is 1. The molecule has 0 fully saturated rings. The molecule has 4 nitrogen and oxygen atoms in total. The SMILES string of the molecule is COc1ccc2cc(S(=O)(=O)Nc3cc(C)cc(C)c3)ccc2c1. The van der Waals surface area contributed by atoms with Gasteiger partial charge in [-0.15, -0.1) is 0 Å². The van der Waals surface area contributed by atoms with Gasteiger partial charge in [-0.1, -0.05) is 18.2 Å². The molecule has 0 heterocycles. The Morgan fingerprint density at radius 1 is 0.833 bits per heavy atom. The topological polar surface area (TPSA) is 55.4 Å². The second-order valence-corrected chi connectivity index (χ2v) is 7.54. The largest absolute Gasteiger partial charge is 0.497 e. The average molecular weight is 341 g/mol. The summed E-state index contributed by atoms with van der Waals surface area (Å²) in [5.74, 6) is 0.742. The molecule has 0 saturated carbocycles. The minimum atomic E-state index is -3.64. The fourth-order valence-corrected chi connectivity index (χ4v) is 3.82. The van der Waals surface area contributed by atoms with Crippen molar-refractivity contribution in [1.29, 1.82) is 0 Å². The van der Waals surface area contributed by atoms with Gasteiger partial charge in [-0.25, -0.2) is 8.42 Å². The van der Waals surface area contributed by atoms with Gasteiger partial charge in [-0.3, -0.25) is 4.72 Å². The number of nitrogens with one attached hydrogen (secondary N) is 1. The van der Waals surface area contributed by atoms with Crippen LogP contribution in [0.1, 0.15) is 11.1 Å². The van der Waals surface area contributed by atoms with E-state index >= 15 is 0 Å². The zero-order valence-corrected chi connectivity index (χ0v) is 14.6. The van der Waals surface area contributed by atoms with Crippen molar-refractivity contribution in [2.45, 2.75) is 18.7 Å². The molecule has 0 atom stereocenters. The number of aryl methyl sites for hydroxylation is 2. The highest BCUT2D eigenvalue weighted by Gasteiger charge is 2.15. The van der Waals surface area contributed by atoms with E-state index in [1.54, 1.807) is 25.3 Å². The third kappa shape index (κ3) is 3.36. The molecule has 0 bridgehead atoms. The van der Waals surface area contributed by atoms with Crippen molar-refractivity contribution in [3.8, 4) is 5.75 Å². The number of methoxy groups -OCH3 is 1. The van der Waals surface area contributed by atoms with E-state index in [9.17, 15) is 8.42 Å². The summed E-state index contributed by atoms with van der Waals surface area (Å²) >= 11 is 0. The minimum absolute atomic E-state index is 0.235. The molecule has 24 heavy (non-hydrogen) atoms. The van der Waals surface area contributed by atoms with Gasteiger partial charge >= 0.3 is 0 Å². The van der Waals surface area contributed by atoms with E-state index in [2.05, 4.69) is 4.72 Å². The van der Waals surface area contributed by atoms with Gasteiger partial charge in [-0.2, -0.15) is 0 Å². The molecule has 0 aliphatic carbocycles. The van der Waals surface area contributed by atoms with Crippen molar-refractivity contribution in [2.24, 2.45) is 0 Å². The van der Waals surface area contributed by atoms with E-state index in [0.717, 1.165) is 27.6 Å². The van der Waals surface area contributed by atoms with Gasteiger partial charge in [0.05, 0.1) is 12.0 Å². The Kier molecular flexibility index (Phi) is 4.20. The van der Waals surface area contributed by atoms with Gasteiger partial charge in [0, 0.05) is 5.69 Å². The first kappa shape index (κ1) is 16.3. The molecular formula is C19H19NO3S. The second kappa shape index (κ2) is 6.17. The summed E-state index contributed by atoms with van der Waals surface area (Å²) in [5, 5.41) is 1.78. The lowest BCUT2D eigenvalue weighted by atomic mass is 10.1. The Hall–Kier alpha value is -2.53. The predicted octanol–water partition coefficient (Wildman–Crippen LogP) is 4.27. The van der Waals surface area contributed by atoms with E-state index in [0.29, 0.717) is 5.69 Å². The highest BCUT2D eigenvalue weighted by molar-refractivity contribution is 7.92. The molecule has 3 aromatic rings. The van der Waals surface area contributed by atoms with E-state index in [4.69, 9.17) is 4.74 Å². The van der Waals surface area contributed by atoms with Gasteiger partial charge < -0.3 is 4.74 Å². The van der Waals surface area contributed by atoms with Gasteiger partial charge in [-0.05, 0) is 72.1 Å². The van der Waals surface area contributed by atoms with Crippen molar-refractivity contribution < 1.29 is 13.2 Å². The van der Waals surface area contributed by atoms with Crippen LogP contribution in [0, 0.1) is 13.8 Å². The summed E-state index contributed by atoms with van der Waals surface area (Å²) in [6.45, 7) is 3.88. The summed E-state index contributed by atoms with van der Waals surface area (Å²) in [6.07, 6.45) is 0. The van der Waals surface area contributed by atoms with Gasteiger partial charge in [0.1, 0.15) is 5.75 Å². The predicted molar refractivity (Wildman–Crippen MR) is 97.2 cm³/mol. The molecule has 0 amide bonds. The zero-order chi connectivity index (χ0) is 17.3. The van der Waals surface area contributed by atoms with E-state index in [1.165, 1.54) is 0 Å². The maximum atomic E-state index is 12.7. The quantitative estimate of drug-likeness (QED) is 0.771. The van der Waals surface area contributed by atoms with Crippen LogP contribution < -0.4 is 9.46 Å². The van der Waals surface area contributed by atoms with Crippen LogP contribution in [0.4, 0.5) is 5.69 Å². The number of benzene rings is 3. The van der Waals surface area contributed by atoms with E-state index in [-0.39, 0.29) is 4.90 Å². The smallest absolute Gasteiger partial charge is 0.261 e. The molecule has 0 aromatic heterocycles. The average Bonchev–Trinajstić information content (AvgIpc) is 2.52. The number of sulfonamides is 1. The van der Waals surface area contributed by atoms with Crippen LogP contribution >= 0.6 is 0 Å². The molecular weight excluding hydrogens is 322 g/mol. The number of fused-ring (bicyclic) bond motifs is 1. The molecule has 1 N–H and O–H groups in total. The lowest BCUT2D eigenvalue weighted by Crippen LogP contribution is -2.13. The highest BCUT2D eigenvalue weighted by atomic mass is 32.2. The maximum absolute atomic E-state index is 12.7. The van der Waals surface area contributed by atoms with Crippen LogP contribution in [0.25, 0.3) is 10.8 Å². The maximum Gasteiger partial charge on any atom is 0.261 e. The van der Waals surface area contributed by atoms with Crippen molar-refractivity contribution in [3.63, 3.8) is 0 Å². The number of rotatable bonds is 4. The first-order chi connectivity index (χ1) is 11.4. The molecule has 0 unspecified atom stereocenters. The fourth-order valence-electron chi connectivity index (χ4n) is 2.74. The summed E-state index contributed by atoms with van der Waals surface area (Å²) in [7, 11) is -2.03. The molecule has 0 aliphatic heterocycles. The standard InChI is InChI=1S/C19H19NO3S/c1-13-8-14(2)10-17(9-13)20-24(21,22)19-7-5-15-11-18(23-3)6-4-16(15)12-19/h4-12,20H,1-3H3. The lowest BCUT2D eigenvalue weighted by molar-refractivity contribution is 0.415. The Morgan fingerprint density at radius 2 is 1.46 bits per heavy atom. The Bertz CT molecular complexity index is 990. The lowest BCUT2D eigenvalue weighted by Gasteiger charge is -2.11. The summed E-state index contributed by atoms with van der Waals surface area (Å²) in [6, 6.07) is 16.2. The monoisotopic (exact) mass is 341 g/mol. The van der Waals surface area contributed by atoms with Gasteiger partial charge in [0.2, 0.25) is 0 Å². The summed E-state index contributed by atoms with van der Waals surface area (Å²) in [4.78, 5) is 0.235. The fraction of sp³-hybridized carbons (Fsp3) is 0.158. The number of ether oxygens (including phenoxy) is 1. The molecule has 0 spiro atoms. The van der Waals surface area contributed by atoms with Crippen LogP contribution in [0.3, 0.4) is 0 Å². The van der Waals surface area contributed by atoms with Gasteiger partial charge in [0.15, 0.2) is 0 Å². The van der Waals surface area contributed by atoms with Crippen LogP contribution in [-0.4, -0.2) is 15.5 Å². The van der Waals surface area contributed by atoms with E-state index in [1.807, 2.05) is 50.2 Å². The zero-order valence-electron chi connectivity index (χ0n) is 13.8. The van der Waals surface area contributed by atoms with Gasteiger partial charge in [0.25, 0.3) is 10.0 Å². The Balaban J connectivity index is 1.98. The molecule has 124 valence electrons. The molecule has 3 rings (SSSR count). The molecule has 0 radical (unpaired) electrons. The first-order valence-electron chi connectivity index (χ1n) is 7.56. The molecule has 0 saturated heterocycles. The Labute approximate surface area is 142 Å². The summed E-state index contributed by atoms with van der Waals surface area (Å²) < 4.78 is 33.2. The third-order valence-corrected chi connectivity index (χ3v) is 5.18. The van der Waals surface area contributed by atoms with Crippen molar-refractivity contribution in [3.05, 3.63) is 65.7 Å². The number of hydrogen-bond donors (Lipinski definition) is 1. The third-order valence-electron chi connectivity index (χ3n) is 3.80. The minimum Gasteiger partial charge on any atom is -0.497 e. The van der Waals surface area contributed by atoms with Crippen molar-refractivity contribution in [1.82, 2.24) is 0 Å². The molecule has 5 heteroatoms. The normalized spacial score (nSPS) is 11.5. The highest BCUT2D eigenvalue weighted by Crippen LogP contribution is 2.25. The van der Waals surface area contributed by atoms with Crippen molar-refractivity contribution in [2.75, 3.05) is 11.8 Å². The molecule has 0 aliphatic rings. The van der Waals surface area contributed by atoms with Crippen LogP contribution in [0.2, 0.25) is 0 Å². The Morgan fingerprint density at radius 3 is 2.12 bits per heavy atom. The van der Waals surface area contributed by atoms with Crippen LogP contribution in [0.15, 0.2) is 59.5 Å². The summed E-state index contributed by atoms with van der Waals surface area (Å²) in [5.41, 5.74) is 2.60.